The summed E-state index contributed by atoms with van der Waals surface area (Å²) in [6.07, 6.45) is 1.25. The quantitative estimate of drug-likeness (QED) is 0.459. The smallest absolute Gasteiger partial charge is 0.408 e. The molecule has 0 saturated carbocycles. The zero-order valence-electron chi connectivity index (χ0n) is 17.4. The summed E-state index contributed by atoms with van der Waals surface area (Å²) in [5, 5.41) is 20.2. The van der Waals surface area contributed by atoms with Crippen molar-refractivity contribution in [2.45, 2.75) is 31.6 Å². The topological polar surface area (TPSA) is 131 Å². The Hall–Kier alpha value is -3.67. The number of alkyl halides is 3. The van der Waals surface area contributed by atoms with E-state index in [-0.39, 0.29) is 34.6 Å². The molecule has 1 aliphatic rings. The zero-order valence-corrected chi connectivity index (χ0v) is 17.4. The number of rotatable bonds is 5. The van der Waals surface area contributed by atoms with Crippen LogP contribution in [0.25, 0.3) is 22.4 Å². The van der Waals surface area contributed by atoms with E-state index in [0.717, 1.165) is 24.1 Å². The van der Waals surface area contributed by atoms with Gasteiger partial charge in [0.25, 0.3) is 5.91 Å². The molecule has 33 heavy (non-hydrogen) atoms. The van der Waals surface area contributed by atoms with Crippen molar-refractivity contribution in [1.29, 1.82) is 0 Å². The van der Waals surface area contributed by atoms with Gasteiger partial charge in [-0.2, -0.15) is 18.3 Å². The van der Waals surface area contributed by atoms with Crippen molar-refractivity contribution in [3.05, 3.63) is 42.5 Å². The lowest BCUT2D eigenvalue weighted by Gasteiger charge is -2.23. The van der Waals surface area contributed by atoms with Gasteiger partial charge < -0.3 is 21.5 Å². The Morgan fingerprint density at radius 2 is 2.12 bits per heavy atom. The molecule has 0 bridgehead atoms. The van der Waals surface area contributed by atoms with Gasteiger partial charge in [-0.05, 0) is 37.1 Å². The maximum Gasteiger partial charge on any atom is 0.408 e. The van der Waals surface area contributed by atoms with E-state index in [1.807, 2.05) is 0 Å². The third-order valence-electron chi connectivity index (χ3n) is 5.23. The van der Waals surface area contributed by atoms with Crippen molar-refractivity contribution in [2.24, 2.45) is 0 Å². The van der Waals surface area contributed by atoms with Gasteiger partial charge in [-0.15, -0.1) is 0 Å². The predicted octanol–water partition coefficient (Wildman–Crippen LogP) is 2.34. The molecule has 1 aliphatic heterocycles. The number of nitrogens with one attached hydrogen (secondary N) is 2. The number of anilines is 1. The minimum Gasteiger partial charge on any atom is -0.507 e. The molecule has 9 nitrogen and oxygen atoms in total. The van der Waals surface area contributed by atoms with Gasteiger partial charge in [0, 0.05) is 29.9 Å². The van der Waals surface area contributed by atoms with E-state index in [1.165, 1.54) is 30.7 Å². The Balaban J connectivity index is 1.61. The Morgan fingerprint density at radius 3 is 2.85 bits per heavy atom. The van der Waals surface area contributed by atoms with Crippen LogP contribution in [-0.4, -0.2) is 56.1 Å². The molecule has 1 amide bonds. The van der Waals surface area contributed by atoms with Crippen molar-refractivity contribution in [1.82, 2.24) is 30.4 Å². The van der Waals surface area contributed by atoms with Crippen LogP contribution in [0.2, 0.25) is 0 Å². The third kappa shape index (κ3) is 5.40. The van der Waals surface area contributed by atoms with E-state index in [2.05, 4.69) is 25.7 Å². The van der Waals surface area contributed by atoms with Gasteiger partial charge in [-0.1, -0.05) is 6.07 Å². The highest BCUT2D eigenvalue weighted by Crippen LogP contribution is 2.33. The molecule has 1 aromatic carbocycles. The zero-order chi connectivity index (χ0) is 23.6. The molecule has 2 aromatic heterocycles. The number of hydrogen-bond acceptors (Lipinski definition) is 7. The monoisotopic (exact) mass is 461 g/mol. The highest BCUT2D eigenvalue weighted by atomic mass is 19.4. The van der Waals surface area contributed by atoms with Gasteiger partial charge in [0.15, 0.2) is 11.5 Å². The average molecular weight is 461 g/mol. The van der Waals surface area contributed by atoms with E-state index in [1.54, 1.807) is 6.07 Å². The summed E-state index contributed by atoms with van der Waals surface area (Å²) in [5.41, 5.74) is 7.17. The molecule has 12 heteroatoms. The molecule has 3 aromatic rings. The van der Waals surface area contributed by atoms with Gasteiger partial charge in [0.1, 0.15) is 12.3 Å². The second-order valence-corrected chi connectivity index (χ2v) is 7.78. The second-order valence-electron chi connectivity index (χ2n) is 7.78. The lowest BCUT2D eigenvalue weighted by molar-refractivity contribution is -0.142. The Morgan fingerprint density at radius 1 is 1.30 bits per heavy atom. The number of nitrogen functional groups attached to an aromatic ring is 1. The van der Waals surface area contributed by atoms with Crippen molar-refractivity contribution in [3.63, 3.8) is 0 Å². The number of aromatic nitrogens is 4. The Bertz CT molecular complexity index is 1160. The number of aromatic hydroxyl groups is 1. The summed E-state index contributed by atoms with van der Waals surface area (Å²) in [4.78, 5) is 21.1. The minimum atomic E-state index is -4.40. The first kappa shape index (κ1) is 22.5. The number of carbonyl (C=O) groups is 1. The lowest BCUT2D eigenvalue weighted by Crippen LogP contribution is -2.46. The fraction of sp³-hybridized carbons (Fsp3) is 0.333. The summed E-state index contributed by atoms with van der Waals surface area (Å²) >= 11 is 0. The van der Waals surface area contributed by atoms with Gasteiger partial charge in [-0.3, -0.25) is 9.48 Å². The van der Waals surface area contributed by atoms with E-state index >= 15 is 0 Å². The van der Waals surface area contributed by atoms with Crippen molar-refractivity contribution in [3.8, 4) is 28.1 Å². The summed E-state index contributed by atoms with van der Waals surface area (Å²) in [7, 11) is 0. The number of phenols is 1. The second kappa shape index (κ2) is 9.06. The van der Waals surface area contributed by atoms with Crippen molar-refractivity contribution in [2.75, 3.05) is 18.8 Å². The number of nitrogens with zero attached hydrogens (tertiary/aromatic N) is 4. The fourth-order valence-corrected chi connectivity index (χ4v) is 3.63. The van der Waals surface area contributed by atoms with Crippen LogP contribution in [0.5, 0.6) is 5.75 Å². The molecule has 1 unspecified atom stereocenters. The molecule has 1 fully saturated rings. The number of halogens is 3. The summed E-state index contributed by atoms with van der Waals surface area (Å²) < 4.78 is 38.6. The molecular formula is C21H22F3N7O2. The summed E-state index contributed by atoms with van der Waals surface area (Å²) in [6.45, 7) is 0.328. The molecule has 1 atom stereocenters. The Kier molecular flexibility index (Phi) is 6.18. The molecule has 4 rings (SSSR count). The fourth-order valence-electron chi connectivity index (χ4n) is 3.63. The molecule has 174 valence electrons. The maximum atomic E-state index is 12.7. The molecule has 3 heterocycles. The molecule has 1 saturated heterocycles. The van der Waals surface area contributed by atoms with Crippen LogP contribution in [0.3, 0.4) is 0 Å². The van der Waals surface area contributed by atoms with Crippen LogP contribution in [0, 0.1) is 0 Å². The highest BCUT2D eigenvalue weighted by Gasteiger charge is 2.28. The number of benzene rings is 1. The van der Waals surface area contributed by atoms with E-state index in [9.17, 15) is 23.1 Å². The van der Waals surface area contributed by atoms with E-state index in [0.29, 0.717) is 17.7 Å². The van der Waals surface area contributed by atoms with Crippen LogP contribution in [-0.2, 0) is 6.54 Å². The molecule has 0 spiro atoms. The van der Waals surface area contributed by atoms with Crippen LogP contribution < -0.4 is 16.4 Å². The number of amides is 1. The van der Waals surface area contributed by atoms with Crippen LogP contribution in [0.15, 0.2) is 36.8 Å². The van der Waals surface area contributed by atoms with Crippen molar-refractivity contribution < 1.29 is 23.1 Å². The van der Waals surface area contributed by atoms with E-state index < -0.39 is 18.6 Å². The van der Waals surface area contributed by atoms with Crippen LogP contribution >= 0.6 is 0 Å². The average Bonchev–Trinajstić information content (AvgIpc) is 3.22. The van der Waals surface area contributed by atoms with Gasteiger partial charge in [0.05, 0.1) is 18.1 Å². The van der Waals surface area contributed by atoms with Gasteiger partial charge in [-0.25, -0.2) is 9.97 Å². The highest BCUT2D eigenvalue weighted by molar-refractivity contribution is 5.97. The molecule has 0 radical (unpaired) electrons. The first-order valence-electron chi connectivity index (χ1n) is 10.3. The number of carbonyl (C=O) groups excluding carboxylic acids is 1. The largest absolute Gasteiger partial charge is 0.507 e. The maximum absolute atomic E-state index is 12.7. The third-order valence-corrected chi connectivity index (χ3v) is 5.23. The minimum absolute atomic E-state index is 0.0518. The standard InChI is InChI=1S/C21H22F3N7O2/c22-21(23,24)11-31-10-13(7-28-31)12-3-4-17(32)15(6-12)16-9-27-19(25)18(30-16)20(33)29-14-2-1-5-26-8-14/h3-4,6-7,9-10,14,26,32H,1-2,5,8,11H2,(H2,25,27)(H,29,33). The van der Waals surface area contributed by atoms with Gasteiger partial charge >= 0.3 is 6.18 Å². The van der Waals surface area contributed by atoms with Crippen LogP contribution in [0.4, 0.5) is 19.0 Å². The number of hydrogen-bond donors (Lipinski definition) is 4. The normalized spacial score (nSPS) is 16.5. The molecular weight excluding hydrogens is 439 g/mol. The number of piperidine rings is 1. The first-order valence-corrected chi connectivity index (χ1v) is 10.3. The number of nitrogens with two attached hydrogens (primary N) is 1. The summed E-state index contributed by atoms with van der Waals surface area (Å²) in [5.74, 6) is -0.660. The van der Waals surface area contributed by atoms with Crippen LogP contribution in [0.1, 0.15) is 23.3 Å². The van der Waals surface area contributed by atoms with E-state index in [4.69, 9.17) is 5.73 Å². The Labute approximate surface area is 186 Å². The first-order chi connectivity index (χ1) is 15.7. The van der Waals surface area contributed by atoms with Gasteiger partial charge in [0.2, 0.25) is 0 Å². The SMILES string of the molecule is Nc1ncc(-c2cc(-c3cnn(CC(F)(F)F)c3)ccc2O)nc1C(=O)NC1CCCNC1. The predicted molar refractivity (Wildman–Crippen MR) is 114 cm³/mol. The van der Waals surface area contributed by atoms with Crippen molar-refractivity contribution >= 4 is 11.7 Å². The summed E-state index contributed by atoms with van der Waals surface area (Å²) in [6, 6.07) is 4.41. The lowest BCUT2D eigenvalue weighted by atomic mass is 10.0. The molecule has 0 aliphatic carbocycles. The number of phenolic OH excluding ortho intramolecular Hbond substituents is 1. The molecule has 5 N–H and O–H groups in total.